The SMILES string of the molecule is COc1ccc2nc(Nc3ccc(-c4ccc(C(=O)C5CCCC5)cc4)cc3)[nH]c2c1.O=C(O)O. The summed E-state index contributed by atoms with van der Waals surface area (Å²) in [6.45, 7) is 0. The number of aromatic amines is 1. The molecular weight excluding hydrogens is 446 g/mol. The molecule has 5 rings (SSSR count). The summed E-state index contributed by atoms with van der Waals surface area (Å²) in [6.07, 6.45) is 2.59. The summed E-state index contributed by atoms with van der Waals surface area (Å²) in [5.41, 5.74) is 5.79. The van der Waals surface area contributed by atoms with Gasteiger partial charge in [-0.05, 0) is 48.2 Å². The van der Waals surface area contributed by atoms with Crippen LogP contribution in [0.1, 0.15) is 36.0 Å². The number of carbonyl (C=O) groups excluding carboxylic acids is 1. The Bertz CT molecular complexity index is 1300. The summed E-state index contributed by atoms with van der Waals surface area (Å²) in [5.74, 6) is 2.00. The van der Waals surface area contributed by atoms with Gasteiger partial charge in [-0.3, -0.25) is 4.79 Å². The Hall–Kier alpha value is -4.33. The molecule has 1 heterocycles. The molecule has 0 saturated heterocycles. The first-order valence-corrected chi connectivity index (χ1v) is 11.4. The second kappa shape index (κ2) is 10.7. The molecule has 180 valence electrons. The van der Waals surface area contributed by atoms with Gasteiger partial charge in [0.25, 0.3) is 0 Å². The predicted octanol–water partition coefficient (Wildman–Crippen LogP) is 6.58. The number of ketones is 1. The molecule has 1 aliphatic carbocycles. The number of ether oxygens (including phenoxy) is 1. The number of fused-ring (bicyclic) bond motifs is 1. The second-order valence-electron chi connectivity index (χ2n) is 8.38. The minimum atomic E-state index is -1.83. The molecule has 3 aromatic carbocycles. The van der Waals surface area contributed by atoms with Crippen molar-refractivity contribution in [2.45, 2.75) is 25.7 Å². The monoisotopic (exact) mass is 473 g/mol. The normalized spacial score (nSPS) is 13.2. The van der Waals surface area contributed by atoms with Gasteiger partial charge in [0.1, 0.15) is 5.75 Å². The van der Waals surface area contributed by atoms with E-state index < -0.39 is 6.16 Å². The van der Waals surface area contributed by atoms with Gasteiger partial charge in [0.05, 0.1) is 18.1 Å². The lowest BCUT2D eigenvalue weighted by atomic mass is 9.94. The van der Waals surface area contributed by atoms with Crippen molar-refractivity contribution in [2.24, 2.45) is 5.92 Å². The zero-order valence-electron chi connectivity index (χ0n) is 19.3. The van der Waals surface area contributed by atoms with Crippen molar-refractivity contribution in [3.63, 3.8) is 0 Å². The lowest BCUT2D eigenvalue weighted by molar-refractivity contribution is 0.0922. The molecule has 1 aliphatic rings. The van der Waals surface area contributed by atoms with Gasteiger partial charge in [-0.25, -0.2) is 9.78 Å². The average molecular weight is 474 g/mol. The molecule has 0 aliphatic heterocycles. The first-order chi connectivity index (χ1) is 16.9. The third-order valence-corrected chi connectivity index (χ3v) is 6.07. The molecule has 35 heavy (non-hydrogen) atoms. The van der Waals surface area contributed by atoms with Crippen LogP contribution in [0.3, 0.4) is 0 Å². The fourth-order valence-electron chi connectivity index (χ4n) is 4.31. The minimum Gasteiger partial charge on any atom is -0.497 e. The number of nitrogens with zero attached hydrogens (tertiary/aromatic N) is 1. The predicted molar refractivity (Wildman–Crippen MR) is 135 cm³/mol. The van der Waals surface area contributed by atoms with E-state index in [-0.39, 0.29) is 5.92 Å². The molecule has 0 bridgehead atoms. The zero-order chi connectivity index (χ0) is 24.8. The van der Waals surface area contributed by atoms with Crippen LogP contribution in [-0.4, -0.2) is 39.2 Å². The molecule has 4 N–H and O–H groups in total. The van der Waals surface area contributed by atoms with Gasteiger partial charge in [-0.1, -0.05) is 49.2 Å². The standard InChI is InChI=1S/C26H25N3O2.CH2O3/c1-31-22-14-15-23-24(16-22)29-26(28-23)27-21-12-10-18(11-13-21)17-6-8-20(9-7-17)25(30)19-4-2-3-5-19;2-1(3)4/h6-16,19H,2-5H2,1H3,(H2,27,28,29);(H2,2,3,4). The molecule has 0 amide bonds. The van der Waals surface area contributed by atoms with E-state index >= 15 is 0 Å². The van der Waals surface area contributed by atoms with Crippen LogP contribution in [0, 0.1) is 5.92 Å². The maximum Gasteiger partial charge on any atom is 0.503 e. The Morgan fingerprint density at radius 2 is 1.54 bits per heavy atom. The van der Waals surface area contributed by atoms with Crippen LogP contribution in [0.2, 0.25) is 0 Å². The highest BCUT2D eigenvalue weighted by Gasteiger charge is 2.23. The number of hydrogen-bond acceptors (Lipinski definition) is 5. The third kappa shape index (κ3) is 5.97. The van der Waals surface area contributed by atoms with Crippen LogP contribution in [0.25, 0.3) is 22.2 Å². The van der Waals surface area contributed by atoms with Gasteiger partial charge in [-0.2, -0.15) is 0 Å². The van der Waals surface area contributed by atoms with Gasteiger partial charge < -0.3 is 25.3 Å². The Morgan fingerprint density at radius 1 is 0.943 bits per heavy atom. The van der Waals surface area contributed by atoms with Crippen molar-refractivity contribution in [3.8, 4) is 16.9 Å². The van der Waals surface area contributed by atoms with Gasteiger partial charge in [0.15, 0.2) is 5.78 Å². The Labute approximate surface area is 202 Å². The topological polar surface area (TPSA) is 125 Å². The number of hydrogen-bond donors (Lipinski definition) is 4. The van der Waals surface area contributed by atoms with E-state index in [0.29, 0.717) is 11.7 Å². The number of carboxylic acid groups (broad SMARTS) is 2. The molecule has 8 nitrogen and oxygen atoms in total. The number of nitrogens with one attached hydrogen (secondary N) is 2. The highest BCUT2D eigenvalue weighted by atomic mass is 16.6. The molecule has 0 spiro atoms. The van der Waals surface area contributed by atoms with Crippen molar-refractivity contribution in [3.05, 3.63) is 72.3 Å². The number of rotatable bonds is 6. The molecule has 0 radical (unpaired) electrons. The summed E-state index contributed by atoms with van der Waals surface area (Å²) in [5, 5.41) is 17.3. The quantitative estimate of drug-likeness (QED) is 0.233. The van der Waals surface area contributed by atoms with E-state index in [1.807, 2.05) is 54.6 Å². The molecule has 4 aromatic rings. The lowest BCUT2D eigenvalue weighted by Gasteiger charge is -2.09. The van der Waals surface area contributed by atoms with E-state index in [4.69, 9.17) is 19.7 Å². The fraction of sp³-hybridized carbons (Fsp3) is 0.222. The van der Waals surface area contributed by atoms with E-state index in [2.05, 4.69) is 27.4 Å². The summed E-state index contributed by atoms with van der Waals surface area (Å²) in [7, 11) is 1.65. The zero-order valence-corrected chi connectivity index (χ0v) is 19.3. The molecule has 1 aromatic heterocycles. The Balaban J connectivity index is 0.000000672. The highest BCUT2D eigenvalue weighted by Crippen LogP contribution is 2.29. The summed E-state index contributed by atoms with van der Waals surface area (Å²) in [6, 6.07) is 22.0. The van der Waals surface area contributed by atoms with Crippen LogP contribution >= 0.6 is 0 Å². The molecule has 0 atom stereocenters. The smallest absolute Gasteiger partial charge is 0.497 e. The number of carbonyl (C=O) groups is 2. The number of anilines is 2. The van der Waals surface area contributed by atoms with E-state index in [0.717, 1.165) is 52.0 Å². The molecular formula is C27H27N3O5. The second-order valence-corrected chi connectivity index (χ2v) is 8.38. The maximum atomic E-state index is 12.6. The molecule has 1 saturated carbocycles. The Kier molecular flexibility index (Phi) is 7.30. The van der Waals surface area contributed by atoms with Crippen LogP contribution in [0.5, 0.6) is 5.75 Å². The van der Waals surface area contributed by atoms with Crippen LogP contribution in [0.4, 0.5) is 16.4 Å². The maximum absolute atomic E-state index is 12.6. The van der Waals surface area contributed by atoms with Crippen LogP contribution < -0.4 is 10.1 Å². The average Bonchev–Trinajstić information content (AvgIpc) is 3.53. The summed E-state index contributed by atoms with van der Waals surface area (Å²) in [4.78, 5) is 29.0. The number of benzene rings is 3. The van der Waals surface area contributed by atoms with Gasteiger partial charge in [0.2, 0.25) is 5.95 Å². The molecule has 1 fully saturated rings. The number of H-pyrrole nitrogens is 1. The van der Waals surface area contributed by atoms with Crippen molar-refractivity contribution in [2.75, 3.05) is 12.4 Å². The van der Waals surface area contributed by atoms with E-state index in [1.54, 1.807) is 7.11 Å². The Morgan fingerprint density at radius 3 is 2.14 bits per heavy atom. The number of methoxy groups -OCH3 is 1. The van der Waals surface area contributed by atoms with Crippen molar-refractivity contribution >= 4 is 34.6 Å². The molecule has 0 unspecified atom stereocenters. The summed E-state index contributed by atoms with van der Waals surface area (Å²) < 4.78 is 5.26. The largest absolute Gasteiger partial charge is 0.503 e. The van der Waals surface area contributed by atoms with Crippen molar-refractivity contribution < 1.29 is 24.5 Å². The van der Waals surface area contributed by atoms with Crippen LogP contribution in [-0.2, 0) is 0 Å². The number of aromatic nitrogens is 2. The minimum absolute atomic E-state index is 0.218. The number of Topliss-reactive ketones (excluding diaryl/α,β-unsaturated/α-hetero) is 1. The van der Waals surface area contributed by atoms with Crippen LogP contribution in [0.15, 0.2) is 66.7 Å². The van der Waals surface area contributed by atoms with Gasteiger partial charge >= 0.3 is 6.16 Å². The van der Waals surface area contributed by atoms with Crippen molar-refractivity contribution in [1.82, 2.24) is 9.97 Å². The first-order valence-electron chi connectivity index (χ1n) is 11.4. The fourth-order valence-corrected chi connectivity index (χ4v) is 4.31. The number of imidazole rings is 1. The lowest BCUT2D eigenvalue weighted by Crippen LogP contribution is -2.10. The third-order valence-electron chi connectivity index (χ3n) is 6.07. The first kappa shape index (κ1) is 23.8. The van der Waals surface area contributed by atoms with Gasteiger partial charge in [-0.15, -0.1) is 0 Å². The molecule has 8 heteroatoms. The summed E-state index contributed by atoms with van der Waals surface area (Å²) >= 11 is 0. The van der Waals surface area contributed by atoms with Crippen molar-refractivity contribution in [1.29, 1.82) is 0 Å². The van der Waals surface area contributed by atoms with E-state index in [9.17, 15) is 4.79 Å². The van der Waals surface area contributed by atoms with E-state index in [1.165, 1.54) is 12.8 Å². The van der Waals surface area contributed by atoms with Gasteiger partial charge in [0, 0.05) is 23.2 Å². The highest BCUT2D eigenvalue weighted by molar-refractivity contribution is 5.98.